The SMILES string of the molecule is Cc1ccc(NC(=O)N2C[C@@H](C)O[C@H](C)C2)nc1. The summed E-state index contributed by atoms with van der Waals surface area (Å²) >= 11 is 0. The fourth-order valence-electron chi connectivity index (χ4n) is 2.07. The van der Waals surface area contributed by atoms with Crippen molar-refractivity contribution in [1.29, 1.82) is 0 Å². The minimum atomic E-state index is -0.117. The van der Waals surface area contributed by atoms with Gasteiger partial charge in [-0.3, -0.25) is 5.32 Å². The van der Waals surface area contributed by atoms with E-state index in [4.69, 9.17) is 4.74 Å². The van der Waals surface area contributed by atoms with E-state index in [-0.39, 0.29) is 18.2 Å². The van der Waals surface area contributed by atoms with Gasteiger partial charge in [-0.1, -0.05) is 6.07 Å². The molecule has 0 aliphatic carbocycles. The number of nitrogens with one attached hydrogen (secondary N) is 1. The van der Waals surface area contributed by atoms with Crippen molar-refractivity contribution in [3.05, 3.63) is 23.9 Å². The van der Waals surface area contributed by atoms with Gasteiger partial charge >= 0.3 is 6.03 Å². The third-order valence-corrected chi connectivity index (χ3v) is 2.85. The van der Waals surface area contributed by atoms with E-state index in [9.17, 15) is 4.79 Å². The number of carbonyl (C=O) groups is 1. The van der Waals surface area contributed by atoms with E-state index in [0.29, 0.717) is 18.9 Å². The van der Waals surface area contributed by atoms with Crippen LogP contribution < -0.4 is 5.32 Å². The largest absolute Gasteiger partial charge is 0.372 e. The minimum absolute atomic E-state index is 0.0745. The molecule has 0 saturated carbocycles. The van der Waals surface area contributed by atoms with E-state index in [2.05, 4.69) is 10.3 Å². The molecule has 1 fully saturated rings. The quantitative estimate of drug-likeness (QED) is 0.828. The molecule has 18 heavy (non-hydrogen) atoms. The topological polar surface area (TPSA) is 54.5 Å². The van der Waals surface area contributed by atoms with E-state index in [1.54, 1.807) is 17.2 Å². The van der Waals surface area contributed by atoms with Gasteiger partial charge in [0.05, 0.1) is 12.2 Å². The maximum Gasteiger partial charge on any atom is 0.323 e. The van der Waals surface area contributed by atoms with Crippen LogP contribution in [0.3, 0.4) is 0 Å². The van der Waals surface area contributed by atoms with Crippen LogP contribution in [0, 0.1) is 6.92 Å². The number of pyridine rings is 1. The van der Waals surface area contributed by atoms with Crippen molar-refractivity contribution < 1.29 is 9.53 Å². The number of aryl methyl sites for hydroxylation is 1. The Kier molecular flexibility index (Phi) is 3.81. The summed E-state index contributed by atoms with van der Waals surface area (Å²) in [5.41, 5.74) is 1.07. The summed E-state index contributed by atoms with van der Waals surface area (Å²) in [4.78, 5) is 18.0. The standard InChI is InChI=1S/C13H19N3O2/c1-9-4-5-12(14-6-9)15-13(17)16-7-10(2)18-11(3)8-16/h4-6,10-11H,7-8H2,1-3H3,(H,14,15,17)/t10-,11-/m1/s1. The van der Waals surface area contributed by atoms with Crippen molar-refractivity contribution in [2.45, 2.75) is 33.0 Å². The Morgan fingerprint density at radius 1 is 1.39 bits per heavy atom. The molecular weight excluding hydrogens is 230 g/mol. The van der Waals surface area contributed by atoms with Gasteiger partial charge in [0.2, 0.25) is 0 Å². The van der Waals surface area contributed by atoms with E-state index in [1.807, 2.05) is 26.8 Å². The smallest absolute Gasteiger partial charge is 0.323 e. The summed E-state index contributed by atoms with van der Waals surface area (Å²) in [5, 5.41) is 2.80. The van der Waals surface area contributed by atoms with Crippen molar-refractivity contribution in [2.24, 2.45) is 0 Å². The molecule has 1 saturated heterocycles. The first-order chi connectivity index (χ1) is 8.54. The first-order valence-corrected chi connectivity index (χ1v) is 6.18. The van der Waals surface area contributed by atoms with Crippen LogP contribution in [0.25, 0.3) is 0 Å². The third-order valence-electron chi connectivity index (χ3n) is 2.85. The zero-order chi connectivity index (χ0) is 13.1. The number of nitrogens with zero attached hydrogens (tertiary/aromatic N) is 2. The summed E-state index contributed by atoms with van der Waals surface area (Å²) in [6, 6.07) is 3.61. The van der Waals surface area contributed by atoms with Gasteiger partial charge in [-0.2, -0.15) is 0 Å². The van der Waals surface area contributed by atoms with Crippen LogP contribution >= 0.6 is 0 Å². The maximum atomic E-state index is 12.1. The number of urea groups is 1. The fraction of sp³-hybridized carbons (Fsp3) is 0.538. The zero-order valence-electron chi connectivity index (χ0n) is 11.0. The van der Waals surface area contributed by atoms with E-state index >= 15 is 0 Å². The summed E-state index contributed by atoms with van der Waals surface area (Å²) in [5.74, 6) is 0.581. The Morgan fingerprint density at radius 2 is 2.06 bits per heavy atom. The molecule has 1 aromatic heterocycles. The second kappa shape index (κ2) is 5.35. The normalized spacial score (nSPS) is 23.8. The summed E-state index contributed by atoms with van der Waals surface area (Å²) in [7, 11) is 0. The average Bonchev–Trinajstić information content (AvgIpc) is 2.31. The number of hydrogen-bond donors (Lipinski definition) is 1. The monoisotopic (exact) mass is 249 g/mol. The molecule has 0 aromatic carbocycles. The predicted molar refractivity (Wildman–Crippen MR) is 69.6 cm³/mol. The summed E-state index contributed by atoms with van der Waals surface area (Å²) in [6.45, 7) is 7.13. The molecule has 1 aliphatic rings. The lowest BCUT2D eigenvalue weighted by Crippen LogP contribution is -2.49. The molecule has 2 heterocycles. The first-order valence-electron chi connectivity index (χ1n) is 6.18. The van der Waals surface area contributed by atoms with Crippen molar-refractivity contribution in [3.8, 4) is 0 Å². The van der Waals surface area contributed by atoms with Gasteiger partial charge in [0.25, 0.3) is 0 Å². The molecule has 2 rings (SSSR count). The number of aromatic nitrogens is 1. The Hall–Kier alpha value is -1.62. The number of carbonyl (C=O) groups excluding carboxylic acids is 1. The Balaban J connectivity index is 1.97. The van der Waals surface area contributed by atoms with Crippen LogP contribution in [-0.2, 0) is 4.74 Å². The lowest BCUT2D eigenvalue weighted by Gasteiger charge is -2.35. The van der Waals surface area contributed by atoms with Gasteiger partial charge < -0.3 is 9.64 Å². The Bertz CT molecular complexity index is 409. The van der Waals surface area contributed by atoms with Gasteiger partial charge in [0.1, 0.15) is 5.82 Å². The fourth-order valence-corrected chi connectivity index (χ4v) is 2.07. The van der Waals surface area contributed by atoms with E-state index in [1.165, 1.54) is 0 Å². The number of anilines is 1. The number of morpholine rings is 1. The highest BCUT2D eigenvalue weighted by atomic mass is 16.5. The van der Waals surface area contributed by atoms with Crippen LogP contribution in [0.5, 0.6) is 0 Å². The molecule has 98 valence electrons. The predicted octanol–water partition coefficient (Wildman–Crippen LogP) is 2.03. The molecule has 2 atom stereocenters. The van der Waals surface area contributed by atoms with Crippen LogP contribution in [0.15, 0.2) is 18.3 Å². The molecule has 0 bridgehead atoms. The van der Waals surface area contributed by atoms with Gasteiger partial charge in [0, 0.05) is 19.3 Å². The molecule has 1 aromatic rings. The van der Waals surface area contributed by atoms with Crippen molar-refractivity contribution in [1.82, 2.24) is 9.88 Å². The molecule has 0 radical (unpaired) electrons. The highest BCUT2D eigenvalue weighted by Gasteiger charge is 2.25. The molecule has 1 N–H and O–H groups in total. The van der Waals surface area contributed by atoms with Crippen LogP contribution in [0.4, 0.5) is 10.6 Å². The molecular formula is C13H19N3O2. The number of ether oxygens (including phenoxy) is 1. The molecule has 1 aliphatic heterocycles. The van der Waals surface area contributed by atoms with Gasteiger partial charge in [0.15, 0.2) is 0 Å². The summed E-state index contributed by atoms with van der Waals surface area (Å²) < 4.78 is 5.60. The second-order valence-electron chi connectivity index (χ2n) is 4.81. The van der Waals surface area contributed by atoms with E-state index < -0.39 is 0 Å². The zero-order valence-corrected chi connectivity index (χ0v) is 11.0. The Morgan fingerprint density at radius 3 is 2.61 bits per heavy atom. The van der Waals surface area contributed by atoms with Gasteiger partial charge in [-0.25, -0.2) is 9.78 Å². The molecule has 2 amide bonds. The summed E-state index contributed by atoms with van der Waals surface area (Å²) in [6.07, 6.45) is 1.89. The van der Waals surface area contributed by atoms with Crippen molar-refractivity contribution in [2.75, 3.05) is 18.4 Å². The average molecular weight is 249 g/mol. The first kappa shape index (κ1) is 12.8. The number of rotatable bonds is 1. The second-order valence-corrected chi connectivity index (χ2v) is 4.81. The minimum Gasteiger partial charge on any atom is -0.372 e. The van der Waals surface area contributed by atoms with Crippen LogP contribution in [-0.4, -0.2) is 41.2 Å². The molecule has 5 heteroatoms. The lowest BCUT2D eigenvalue weighted by molar-refractivity contribution is -0.0530. The lowest BCUT2D eigenvalue weighted by atomic mass is 10.2. The van der Waals surface area contributed by atoms with Crippen LogP contribution in [0.2, 0.25) is 0 Å². The van der Waals surface area contributed by atoms with Crippen molar-refractivity contribution in [3.63, 3.8) is 0 Å². The van der Waals surface area contributed by atoms with Gasteiger partial charge in [-0.15, -0.1) is 0 Å². The van der Waals surface area contributed by atoms with Crippen LogP contribution in [0.1, 0.15) is 19.4 Å². The highest BCUT2D eigenvalue weighted by molar-refractivity contribution is 5.88. The maximum absolute atomic E-state index is 12.1. The van der Waals surface area contributed by atoms with E-state index in [0.717, 1.165) is 5.56 Å². The molecule has 5 nitrogen and oxygen atoms in total. The molecule has 0 spiro atoms. The van der Waals surface area contributed by atoms with Gasteiger partial charge in [-0.05, 0) is 32.4 Å². The van der Waals surface area contributed by atoms with Crippen molar-refractivity contribution >= 4 is 11.8 Å². The highest BCUT2D eigenvalue weighted by Crippen LogP contribution is 2.12. The third kappa shape index (κ3) is 3.20. The number of amides is 2. The number of hydrogen-bond acceptors (Lipinski definition) is 3. The Labute approximate surface area is 107 Å². The molecule has 0 unspecified atom stereocenters.